The molecule has 1 fully saturated rings. The Balaban J connectivity index is 1.96. The van der Waals surface area contributed by atoms with Crippen molar-refractivity contribution in [1.82, 2.24) is 4.98 Å². The minimum Gasteiger partial charge on any atom is -0.332 e. The Morgan fingerprint density at radius 2 is 1.93 bits per heavy atom. The minimum absolute atomic E-state index is 0.119. The number of nitrogens with zero attached hydrogens (tertiary/aromatic N) is 3. The topological polar surface area (TPSA) is 53.5 Å². The highest BCUT2D eigenvalue weighted by atomic mass is 32.2. The van der Waals surface area contributed by atoms with Crippen molar-refractivity contribution >= 4 is 28.2 Å². The van der Waals surface area contributed by atoms with Gasteiger partial charge in [0.1, 0.15) is 17.7 Å². The largest absolute Gasteiger partial charge is 0.332 e. The predicted octanol–water partition coefficient (Wildman–Crippen LogP) is 3.17. The summed E-state index contributed by atoms with van der Waals surface area (Å²) in [5.41, 5.74) is 2.52. The second-order valence-electron chi connectivity index (χ2n) is 7.14. The summed E-state index contributed by atoms with van der Waals surface area (Å²) in [6, 6.07) is 9.07. The van der Waals surface area contributed by atoms with Crippen molar-refractivity contribution in [3.63, 3.8) is 0 Å². The number of halogens is 1. The molecule has 7 heteroatoms. The van der Waals surface area contributed by atoms with E-state index in [0.717, 1.165) is 11.3 Å². The van der Waals surface area contributed by atoms with E-state index in [-0.39, 0.29) is 29.4 Å². The highest BCUT2D eigenvalue weighted by molar-refractivity contribution is 7.85. The molecule has 5 nitrogen and oxygen atoms in total. The van der Waals surface area contributed by atoms with E-state index >= 15 is 0 Å². The number of rotatable bonds is 4. The van der Waals surface area contributed by atoms with Crippen molar-refractivity contribution in [2.45, 2.75) is 39.8 Å². The Labute approximate surface area is 161 Å². The monoisotopic (exact) mass is 389 g/mol. The number of carbonyl (C=O) groups excluding carboxylic acids is 1. The van der Waals surface area contributed by atoms with Gasteiger partial charge in [-0.3, -0.25) is 9.00 Å². The second-order valence-corrected chi connectivity index (χ2v) is 8.61. The summed E-state index contributed by atoms with van der Waals surface area (Å²) in [6.07, 6.45) is 0. The predicted molar refractivity (Wildman–Crippen MR) is 107 cm³/mol. The van der Waals surface area contributed by atoms with E-state index in [1.807, 2.05) is 44.7 Å². The van der Waals surface area contributed by atoms with E-state index in [1.54, 1.807) is 17.0 Å². The van der Waals surface area contributed by atoms with E-state index in [4.69, 9.17) is 0 Å². The van der Waals surface area contributed by atoms with E-state index in [0.29, 0.717) is 11.5 Å². The summed E-state index contributed by atoms with van der Waals surface area (Å²) in [5, 5.41) is 0. The first-order valence-electron chi connectivity index (χ1n) is 8.92. The van der Waals surface area contributed by atoms with Gasteiger partial charge in [0.2, 0.25) is 0 Å². The molecule has 0 bridgehead atoms. The van der Waals surface area contributed by atoms with Crippen LogP contribution in [0.2, 0.25) is 0 Å². The van der Waals surface area contributed by atoms with Gasteiger partial charge in [-0.15, -0.1) is 0 Å². The summed E-state index contributed by atoms with van der Waals surface area (Å²) in [5.74, 6) is 0.709. The van der Waals surface area contributed by atoms with Crippen molar-refractivity contribution in [2.75, 3.05) is 21.4 Å². The quantitative estimate of drug-likeness (QED) is 0.806. The van der Waals surface area contributed by atoms with Gasteiger partial charge in [-0.05, 0) is 69.7 Å². The molecular formula is C20H24FN3O2S. The van der Waals surface area contributed by atoms with Crippen molar-refractivity contribution < 1.29 is 13.4 Å². The summed E-state index contributed by atoms with van der Waals surface area (Å²) >= 11 is 0. The van der Waals surface area contributed by atoms with Gasteiger partial charge in [0.25, 0.3) is 5.91 Å². The summed E-state index contributed by atoms with van der Waals surface area (Å²) in [6.45, 7) is 7.69. The van der Waals surface area contributed by atoms with Gasteiger partial charge in [0.15, 0.2) is 0 Å². The first-order chi connectivity index (χ1) is 12.8. The first-order valence-corrected chi connectivity index (χ1v) is 10.4. The molecule has 1 saturated heterocycles. The van der Waals surface area contributed by atoms with Gasteiger partial charge in [0.05, 0.1) is 11.6 Å². The number of anilines is 2. The standard InChI is InChI=1S/C20H24FN3O2S/c1-13(2)24(17-7-5-16(21)6-8-17)20(25)18-11-27(26)12-23(18)19-10-14(3)9-15(4)22-19/h5-10,13,18H,11-12H2,1-4H3/t18-,27?/m0/s1. The molecule has 1 aliphatic rings. The zero-order valence-electron chi connectivity index (χ0n) is 16.0. The van der Waals surface area contributed by atoms with E-state index < -0.39 is 16.8 Å². The lowest BCUT2D eigenvalue weighted by molar-refractivity contribution is -0.119. The molecule has 0 N–H and O–H groups in total. The number of amides is 1. The number of aryl methyl sites for hydroxylation is 2. The van der Waals surface area contributed by atoms with Gasteiger partial charge in [-0.1, -0.05) is 0 Å². The Morgan fingerprint density at radius 3 is 2.52 bits per heavy atom. The third-order valence-corrected chi connectivity index (χ3v) is 5.78. The number of aromatic nitrogens is 1. The molecule has 0 saturated carbocycles. The average Bonchev–Trinajstić information content (AvgIpc) is 2.97. The molecule has 27 heavy (non-hydrogen) atoms. The Kier molecular flexibility index (Phi) is 5.60. The number of hydrogen-bond acceptors (Lipinski definition) is 4. The maximum Gasteiger partial charge on any atom is 0.250 e. The fourth-order valence-electron chi connectivity index (χ4n) is 3.40. The summed E-state index contributed by atoms with van der Waals surface area (Å²) in [4.78, 5) is 21.4. The van der Waals surface area contributed by atoms with E-state index in [2.05, 4.69) is 4.98 Å². The Bertz CT molecular complexity index is 850. The van der Waals surface area contributed by atoms with Crippen LogP contribution in [0.25, 0.3) is 0 Å². The van der Waals surface area contributed by atoms with Gasteiger partial charge in [-0.2, -0.15) is 0 Å². The number of pyridine rings is 1. The molecule has 2 aromatic rings. The molecule has 1 aromatic carbocycles. The third-order valence-electron chi connectivity index (χ3n) is 4.53. The molecule has 2 atom stereocenters. The minimum atomic E-state index is -1.13. The molecule has 0 spiro atoms. The van der Waals surface area contributed by atoms with Crippen molar-refractivity contribution in [2.24, 2.45) is 0 Å². The van der Waals surface area contributed by atoms with Crippen LogP contribution in [0.1, 0.15) is 25.1 Å². The van der Waals surface area contributed by atoms with Crippen molar-refractivity contribution in [3.05, 3.63) is 53.5 Å². The van der Waals surface area contributed by atoms with Crippen LogP contribution in [-0.4, -0.2) is 38.8 Å². The lowest BCUT2D eigenvalue weighted by Crippen LogP contribution is -2.50. The van der Waals surface area contributed by atoms with Crippen LogP contribution in [0.3, 0.4) is 0 Å². The van der Waals surface area contributed by atoms with Crippen molar-refractivity contribution in [3.8, 4) is 0 Å². The maximum absolute atomic E-state index is 13.4. The van der Waals surface area contributed by atoms with Crippen LogP contribution in [0.15, 0.2) is 36.4 Å². The first kappa shape index (κ1) is 19.5. The third kappa shape index (κ3) is 4.18. The fraction of sp³-hybridized carbons (Fsp3) is 0.400. The second kappa shape index (κ2) is 7.76. The average molecular weight is 389 g/mol. The highest BCUT2D eigenvalue weighted by Crippen LogP contribution is 2.27. The summed E-state index contributed by atoms with van der Waals surface area (Å²) < 4.78 is 25.6. The van der Waals surface area contributed by atoms with Crippen LogP contribution >= 0.6 is 0 Å². The van der Waals surface area contributed by atoms with Gasteiger partial charge >= 0.3 is 0 Å². The van der Waals surface area contributed by atoms with Crippen LogP contribution < -0.4 is 9.80 Å². The Hall–Kier alpha value is -2.28. The SMILES string of the molecule is Cc1cc(C)nc(N2CS(=O)C[C@H]2C(=O)N(c2ccc(F)cc2)C(C)C)c1. The zero-order valence-corrected chi connectivity index (χ0v) is 16.8. The van der Waals surface area contributed by atoms with Crippen LogP contribution in [0, 0.1) is 19.7 Å². The molecule has 0 radical (unpaired) electrons. The molecule has 1 aromatic heterocycles. The fourth-order valence-corrected chi connectivity index (χ4v) is 4.81. The summed E-state index contributed by atoms with van der Waals surface area (Å²) in [7, 11) is -1.13. The van der Waals surface area contributed by atoms with E-state index in [1.165, 1.54) is 12.1 Å². The van der Waals surface area contributed by atoms with E-state index in [9.17, 15) is 13.4 Å². The van der Waals surface area contributed by atoms with Crippen LogP contribution in [0.4, 0.5) is 15.9 Å². The number of benzene rings is 1. The molecule has 1 amide bonds. The highest BCUT2D eigenvalue weighted by Gasteiger charge is 2.39. The zero-order chi connectivity index (χ0) is 19.7. The molecule has 1 aliphatic heterocycles. The van der Waals surface area contributed by atoms with Gasteiger partial charge in [0, 0.05) is 28.2 Å². The molecule has 144 valence electrons. The van der Waals surface area contributed by atoms with Crippen molar-refractivity contribution in [1.29, 1.82) is 0 Å². The smallest absolute Gasteiger partial charge is 0.250 e. The molecular weight excluding hydrogens is 365 g/mol. The Morgan fingerprint density at radius 1 is 1.26 bits per heavy atom. The lowest BCUT2D eigenvalue weighted by Gasteiger charge is -2.33. The van der Waals surface area contributed by atoms with Gasteiger partial charge < -0.3 is 9.80 Å². The maximum atomic E-state index is 13.4. The number of hydrogen-bond donors (Lipinski definition) is 0. The lowest BCUT2D eigenvalue weighted by atomic mass is 10.1. The van der Waals surface area contributed by atoms with Crippen LogP contribution in [-0.2, 0) is 15.6 Å². The number of carbonyl (C=O) groups is 1. The molecule has 3 rings (SSSR count). The normalized spacial score (nSPS) is 19.6. The van der Waals surface area contributed by atoms with Gasteiger partial charge in [-0.25, -0.2) is 9.37 Å². The molecule has 0 aliphatic carbocycles. The molecule has 2 heterocycles. The molecule has 1 unspecified atom stereocenters. The van der Waals surface area contributed by atoms with Crippen LogP contribution in [0.5, 0.6) is 0 Å².